The molecule has 0 saturated carbocycles. The van der Waals surface area contributed by atoms with Gasteiger partial charge in [-0.1, -0.05) is 39.0 Å². The van der Waals surface area contributed by atoms with Crippen LogP contribution in [0.4, 0.5) is 4.79 Å². The van der Waals surface area contributed by atoms with Crippen LogP contribution in [0, 0.1) is 0 Å². The van der Waals surface area contributed by atoms with E-state index in [2.05, 4.69) is 20.8 Å². The predicted octanol–water partition coefficient (Wildman–Crippen LogP) is 3.43. The van der Waals surface area contributed by atoms with Gasteiger partial charge in [-0.25, -0.2) is 4.79 Å². The molecule has 1 rings (SSSR count). The molecule has 1 aromatic carbocycles. The normalized spacial score (nSPS) is 11.1. The standard InChI is InChI=1S/C12H16O3/c1-4-12(2,3)9-7-5-6-8-10(9)15-11(13)14/h5-8H,4H2,1-3H3,(H,13,14). The van der Waals surface area contributed by atoms with Crippen molar-refractivity contribution in [2.45, 2.75) is 32.6 Å². The van der Waals surface area contributed by atoms with Crippen molar-refractivity contribution in [1.82, 2.24) is 0 Å². The highest BCUT2D eigenvalue weighted by molar-refractivity contribution is 5.62. The van der Waals surface area contributed by atoms with Gasteiger partial charge in [-0.2, -0.15) is 0 Å². The highest BCUT2D eigenvalue weighted by atomic mass is 16.7. The van der Waals surface area contributed by atoms with Crippen LogP contribution in [-0.2, 0) is 5.41 Å². The predicted molar refractivity (Wildman–Crippen MR) is 58.4 cm³/mol. The Bertz CT molecular complexity index is 356. The van der Waals surface area contributed by atoms with Crippen molar-refractivity contribution in [3.05, 3.63) is 29.8 Å². The summed E-state index contributed by atoms with van der Waals surface area (Å²) in [5.41, 5.74) is 0.848. The monoisotopic (exact) mass is 208 g/mol. The number of rotatable bonds is 3. The molecule has 1 N–H and O–H groups in total. The van der Waals surface area contributed by atoms with Crippen molar-refractivity contribution in [2.24, 2.45) is 0 Å². The number of hydrogen-bond acceptors (Lipinski definition) is 2. The number of para-hydroxylation sites is 1. The van der Waals surface area contributed by atoms with E-state index in [1.54, 1.807) is 12.1 Å². The van der Waals surface area contributed by atoms with E-state index < -0.39 is 6.16 Å². The summed E-state index contributed by atoms with van der Waals surface area (Å²) in [7, 11) is 0. The summed E-state index contributed by atoms with van der Waals surface area (Å²) in [6.45, 7) is 6.20. The minimum atomic E-state index is -1.27. The minimum absolute atomic E-state index is 0.0773. The molecule has 0 bridgehead atoms. The zero-order valence-corrected chi connectivity index (χ0v) is 9.28. The van der Waals surface area contributed by atoms with Crippen LogP contribution in [0.1, 0.15) is 32.8 Å². The van der Waals surface area contributed by atoms with Crippen LogP contribution in [0.2, 0.25) is 0 Å². The van der Waals surface area contributed by atoms with E-state index in [0.717, 1.165) is 12.0 Å². The van der Waals surface area contributed by atoms with Gasteiger partial charge < -0.3 is 9.84 Å². The van der Waals surface area contributed by atoms with E-state index in [1.165, 1.54) is 0 Å². The fourth-order valence-corrected chi connectivity index (χ4v) is 1.40. The van der Waals surface area contributed by atoms with Crippen molar-refractivity contribution >= 4 is 6.16 Å². The topological polar surface area (TPSA) is 46.5 Å². The Kier molecular flexibility index (Phi) is 3.35. The van der Waals surface area contributed by atoms with Crippen molar-refractivity contribution in [3.63, 3.8) is 0 Å². The van der Waals surface area contributed by atoms with Gasteiger partial charge in [0.1, 0.15) is 5.75 Å². The number of ether oxygens (including phenoxy) is 1. The molecule has 0 heterocycles. The number of hydrogen-bond donors (Lipinski definition) is 1. The van der Waals surface area contributed by atoms with Gasteiger partial charge in [0.05, 0.1) is 0 Å². The first-order valence-corrected chi connectivity index (χ1v) is 4.97. The van der Waals surface area contributed by atoms with Gasteiger partial charge in [0.15, 0.2) is 0 Å². The van der Waals surface area contributed by atoms with Crippen LogP contribution in [0.15, 0.2) is 24.3 Å². The molecule has 3 heteroatoms. The Labute approximate surface area is 89.7 Å². The summed E-state index contributed by atoms with van der Waals surface area (Å²) < 4.78 is 4.75. The van der Waals surface area contributed by atoms with Gasteiger partial charge in [-0.15, -0.1) is 0 Å². The Morgan fingerprint density at radius 3 is 2.53 bits per heavy atom. The lowest BCUT2D eigenvalue weighted by atomic mass is 9.82. The molecular formula is C12H16O3. The van der Waals surface area contributed by atoms with E-state index in [1.807, 2.05) is 12.1 Å². The first-order chi connectivity index (χ1) is 6.97. The van der Waals surface area contributed by atoms with E-state index in [9.17, 15) is 4.79 Å². The van der Waals surface area contributed by atoms with E-state index in [0.29, 0.717) is 5.75 Å². The Balaban J connectivity index is 3.11. The SMILES string of the molecule is CCC(C)(C)c1ccccc1OC(=O)O. The molecule has 0 atom stereocenters. The minimum Gasteiger partial charge on any atom is -0.449 e. The third-order valence-corrected chi connectivity index (χ3v) is 2.70. The van der Waals surface area contributed by atoms with Crippen LogP contribution < -0.4 is 4.74 Å². The van der Waals surface area contributed by atoms with Crippen molar-refractivity contribution in [1.29, 1.82) is 0 Å². The Morgan fingerprint density at radius 2 is 2.00 bits per heavy atom. The molecular weight excluding hydrogens is 192 g/mol. The molecule has 0 radical (unpaired) electrons. The van der Waals surface area contributed by atoms with Crippen molar-refractivity contribution < 1.29 is 14.6 Å². The molecule has 0 aliphatic carbocycles. The van der Waals surface area contributed by atoms with Gasteiger partial charge >= 0.3 is 6.16 Å². The molecule has 0 fully saturated rings. The number of carboxylic acid groups (broad SMARTS) is 1. The quantitative estimate of drug-likeness (QED) is 0.611. The largest absolute Gasteiger partial charge is 0.511 e. The maximum absolute atomic E-state index is 10.5. The Morgan fingerprint density at radius 1 is 1.40 bits per heavy atom. The summed E-state index contributed by atoms with van der Waals surface area (Å²) in [4.78, 5) is 10.5. The maximum atomic E-state index is 10.5. The summed E-state index contributed by atoms with van der Waals surface area (Å²) >= 11 is 0. The zero-order chi connectivity index (χ0) is 11.5. The lowest BCUT2D eigenvalue weighted by Gasteiger charge is -2.25. The third kappa shape index (κ3) is 2.72. The summed E-state index contributed by atoms with van der Waals surface area (Å²) in [6.07, 6.45) is -0.346. The van der Waals surface area contributed by atoms with E-state index in [-0.39, 0.29) is 5.41 Å². The maximum Gasteiger partial charge on any atom is 0.511 e. The average molecular weight is 208 g/mol. The molecule has 1 aromatic rings. The van der Waals surface area contributed by atoms with Crippen LogP contribution in [0.3, 0.4) is 0 Å². The lowest BCUT2D eigenvalue weighted by molar-refractivity contribution is 0.143. The van der Waals surface area contributed by atoms with Gasteiger partial charge in [0.25, 0.3) is 0 Å². The molecule has 0 unspecified atom stereocenters. The van der Waals surface area contributed by atoms with Crippen LogP contribution in [0.5, 0.6) is 5.75 Å². The third-order valence-electron chi connectivity index (χ3n) is 2.70. The van der Waals surface area contributed by atoms with Gasteiger partial charge in [0, 0.05) is 5.56 Å². The zero-order valence-electron chi connectivity index (χ0n) is 9.28. The molecule has 82 valence electrons. The second-order valence-corrected chi connectivity index (χ2v) is 4.10. The van der Waals surface area contributed by atoms with Crippen molar-refractivity contribution in [3.8, 4) is 5.75 Å². The average Bonchev–Trinajstić information content (AvgIpc) is 2.17. The van der Waals surface area contributed by atoms with E-state index >= 15 is 0 Å². The summed E-state index contributed by atoms with van der Waals surface area (Å²) in [5, 5.41) is 8.61. The Hall–Kier alpha value is -1.51. The van der Waals surface area contributed by atoms with Gasteiger partial charge in [-0.3, -0.25) is 0 Å². The second kappa shape index (κ2) is 4.34. The smallest absolute Gasteiger partial charge is 0.449 e. The highest BCUT2D eigenvalue weighted by Gasteiger charge is 2.22. The summed E-state index contributed by atoms with van der Waals surface area (Å²) in [5.74, 6) is 0.428. The molecule has 0 spiro atoms. The molecule has 0 aliphatic rings. The molecule has 0 saturated heterocycles. The first-order valence-electron chi connectivity index (χ1n) is 4.97. The van der Waals surface area contributed by atoms with E-state index in [4.69, 9.17) is 9.84 Å². The molecule has 3 nitrogen and oxygen atoms in total. The fourth-order valence-electron chi connectivity index (χ4n) is 1.40. The first kappa shape index (κ1) is 11.6. The lowest BCUT2D eigenvalue weighted by Crippen LogP contribution is -2.18. The summed E-state index contributed by atoms with van der Waals surface area (Å²) in [6, 6.07) is 7.25. The number of benzene rings is 1. The fraction of sp³-hybridized carbons (Fsp3) is 0.417. The highest BCUT2D eigenvalue weighted by Crippen LogP contribution is 2.33. The van der Waals surface area contributed by atoms with Gasteiger partial charge in [0.2, 0.25) is 0 Å². The van der Waals surface area contributed by atoms with Crippen LogP contribution in [-0.4, -0.2) is 11.3 Å². The van der Waals surface area contributed by atoms with Crippen LogP contribution in [0.25, 0.3) is 0 Å². The number of carbonyl (C=O) groups is 1. The second-order valence-electron chi connectivity index (χ2n) is 4.10. The van der Waals surface area contributed by atoms with Crippen molar-refractivity contribution in [2.75, 3.05) is 0 Å². The molecule has 0 aromatic heterocycles. The van der Waals surface area contributed by atoms with Crippen LogP contribution >= 0.6 is 0 Å². The molecule has 0 amide bonds. The van der Waals surface area contributed by atoms with Gasteiger partial charge in [-0.05, 0) is 17.9 Å². The molecule has 0 aliphatic heterocycles. The molecule has 15 heavy (non-hydrogen) atoms.